The number of nitrogens with one attached hydrogen (secondary N) is 1. The van der Waals surface area contributed by atoms with Crippen molar-refractivity contribution < 1.29 is 9.53 Å². The standard InChI is InChI=1S/C26H31NO2/c1-2-18-27-19-9-20-29-26-23-14-7-6-13-22(23)16-17-24(26)25(28)15-8-12-21-10-4-3-5-11-21/h3-7,10-11,13-14,16-17,27H,2,8-9,12,15,18-20H2,1H3. The molecule has 0 fully saturated rings. The van der Waals surface area contributed by atoms with Gasteiger partial charge >= 0.3 is 0 Å². The average Bonchev–Trinajstić information content (AvgIpc) is 2.76. The molecule has 3 rings (SSSR count). The van der Waals surface area contributed by atoms with Crippen molar-refractivity contribution in [2.75, 3.05) is 19.7 Å². The Morgan fingerprint density at radius 2 is 1.69 bits per heavy atom. The first-order valence-corrected chi connectivity index (χ1v) is 10.7. The molecule has 0 aliphatic heterocycles. The van der Waals surface area contributed by atoms with Crippen LogP contribution in [-0.2, 0) is 6.42 Å². The largest absolute Gasteiger partial charge is 0.492 e. The Kier molecular flexibility index (Phi) is 8.26. The van der Waals surface area contributed by atoms with Crippen molar-refractivity contribution in [1.29, 1.82) is 0 Å². The minimum absolute atomic E-state index is 0.158. The van der Waals surface area contributed by atoms with Crippen LogP contribution in [0.15, 0.2) is 66.7 Å². The molecule has 152 valence electrons. The second kappa shape index (κ2) is 11.4. The van der Waals surface area contributed by atoms with Gasteiger partial charge in [-0.2, -0.15) is 0 Å². The predicted octanol–water partition coefficient (Wildman–Crippen LogP) is 5.81. The van der Waals surface area contributed by atoms with Gasteiger partial charge in [-0.05, 0) is 55.8 Å². The van der Waals surface area contributed by atoms with Gasteiger partial charge in [0.2, 0.25) is 0 Å². The lowest BCUT2D eigenvalue weighted by atomic mass is 9.98. The van der Waals surface area contributed by atoms with Gasteiger partial charge < -0.3 is 10.1 Å². The van der Waals surface area contributed by atoms with Crippen molar-refractivity contribution in [3.63, 3.8) is 0 Å². The van der Waals surface area contributed by atoms with E-state index in [-0.39, 0.29) is 5.78 Å². The summed E-state index contributed by atoms with van der Waals surface area (Å²) in [7, 11) is 0. The summed E-state index contributed by atoms with van der Waals surface area (Å²) >= 11 is 0. The van der Waals surface area contributed by atoms with Gasteiger partial charge in [0.1, 0.15) is 5.75 Å². The van der Waals surface area contributed by atoms with Crippen molar-refractivity contribution in [1.82, 2.24) is 5.32 Å². The Labute approximate surface area is 174 Å². The van der Waals surface area contributed by atoms with E-state index in [0.29, 0.717) is 18.6 Å². The fourth-order valence-electron chi connectivity index (χ4n) is 3.52. The van der Waals surface area contributed by atoms with Gasteiger partial charge in [-0.3, -0.25) is 4.79 Å². The molecule has 0 aliphatic rings. The van der Waals surface area contributed by atoms with Gasteiger partial charge in [0, 0.05) is 11.8 Å². The first-order valence-electron chi connectivity index (χ1n) is 10.7. The Balaban J connectivity index is 1.67. The van der Waals surface area contributed by atoms with Crippen molar-refractivity contribution in [3.8, 4) is 5.75 Å². The number of rotatable bonds is 12. The highest BCUT2D eigenvalue weighted by atomic mass is 16.5. The number of aryl methyl sites for hydroxylation is 1. The molecule has 0 radical (unpaired) electrons. The fraction of sp³-hybridized carbons (Fsp3) is 0.346. The zero-order chi connectivity index (χ0) is 20.3. The van der Waals surface area contributed by atoms with E-state index in [1.165, 1.54) is 5.56 Å². The summed E-state index contributed by atoms with van der Waals surface area (Å²) in [5.41, 5.74) is 1.98. The first kappa shape index (κ1) is 21.1. The summed E-state index contributed by atoms with van der Waals surface area (Å²) in [5.74, 6) is 0.897. The second-order valence-corrected chi connectivity index (χ2v) is 7.38. The summed E-state index contributed by atoms with van der Waals surface area (Å²) < 4.78 is 6.16. The molecule has 0 saturated heterocycles. The van der Waals surface area contributed by atoms with Crippen LogP contribution in [0.25, 0.3) is 10.8 Å². The molecule has 3 nitrogen and oxygen atoms in total. The predicted molar refractivity (Wildman–Crippen MR) is 121 cm³/mol. The summed E-state index contributed by atoms with van der Waals surface area (Å²) in [4.78, 5) is 13.0. The molecule has 29 heavy (non-hydrogen) atoms. The van der Waals surface area contributed by atoms with E-state index in [4.69, 9.17) is 4.74 Å². The van der Waals surface area contributed by atoms with Gasteiger partial charge in [-0.1, -0.05) is 67.6 Å². The third-order valence-corrected chi connectivity index (χ3v) is 5.06. The van der Waals surface area contributed by atoms with Crippen LogP contribution in [0.5, 0.6) is 5.75 Å². The summed E-state index contributed by atoms with van der Waals surface area (Å²) in [6, 6.07) is 22.4. The molecule has 0 aromatic heterocycles. The van der Waals surface area contributed by atoms with Crippen LogP contribution in [0.1, 0.15) is 48.5 Å². The van der Waals surface area contributed by atoms with Crippen molar-refractivity contribution in [3.05, 3.63) is 77.9 Å². The molecule has 3 heteroatoms. The number of carbonyl (C=O) groups excluding carboxylic acids is 1. The normalized spacial score (nSPS) is 10.9. The number of benzene rings is 3. The number of fused-ring (bicyclic) bond motifs is 1. The number of ketones is 1. The summed E-state index contributed by atoms with van der Waals surface area (Å²) in [6.07, 6.45) is 4.34. The Hall–Kier alpha value is -2.65. The van der Waals surface area contributed by atoms with E-state index >= 15 is 0 Å². The zero-order valence-corrected chi connectivity index (χ0v) is 17.3. The molecule has 3 aromatic carbocycles. The molecule has 1 N–H and O–H groups in total. The number of carbonyl (C=O) groups is 1. The van der Waals surface area contributed by atoms with Gasteiger partial charge in [-0.25, -0.2) is 0 Å². The molecule has 0 unspecified atom stereocenters. The van der Waals surface area contributed by atoms with Crippen LogP contribution in [0.2, 0.25) is 0 Å². The first-order chi connectivity index (χ1) is 14.3. The third-order valence-electron chi connectivity index (χ3n) is 5.06. The average molecular weight is 390 g/mol. The highest BCUT2D eigenvalue weighted by Gasteiger charge is 2.15. The monoisotopic (exact) mass is 389 g/mol. The maximum Gasteiger partial charge on any atom is 0.166 e. The maximum absolute atomic E-state index is 13.0. The highest BCUT2D eigenvalue weighted by molar-refractivity contribution is 6.04. The lowest BCUT2D eigenvalue weighted by molar-refractivity contribution is 0.0976. The fourth-order valence-corrected chi connectivity index (χ4v) is 3.52. The molecule has 0 atom stereocenters. The number of ether oxygens (including phenoxy) is 1. The van der Waals surface area contributed by atoms with Gasteiger partial charge in [0.05, 0.1) is 12.2 Å². The molecule has 0 bridgehead atoms. The van der Waals surface area contributed by atoms with Crippen molar-refractivity contribution in [2.24, 2.45) is 0 Å². The molecular formula is C26H31NO2. The number of hydrogen-bond acceptors (Lipinski definition) is 3. The molecule has 0 spiro atoms. The number of hydrogen-bond donors (Lipinski definition) is 1. The summed E-state index contributed by atoms with van der Waals surface area (Å²) in [6.45, 7) is 4.72. The SMILES string of the molecule is CCCNCCCOc1c(C(=O)CCCc2ccccc2)ccc2ccccc12. The lowest BCUT2D eigenvalue weighted by Gasteiger charge is -2.14. The Morgan fingerprint density at radius 1 is 0.897 bits per heavy atom. The topological polar surface area (TPSA) is 38.3 Å². The quantitative estimate of drug-likeness (QED) is 0.314. The van der Waals surface area contributed by atoms with Crippen LogP contribution in [0, 0.1) is 0 Å². The van der Waals surface area contributed by atoms with Crippen LogP contribution < -0.4 is 10.1 Å². The molecular weight excluding hydrogens is 358 g/mol. The lowest BCUT2D eigenvalue weighted by Crippen LogP contribution is -2.18. The van der Waals surface area contributed by atoms with Gasteiger partial charge in [0.25, 0.3) is 0 Å². The van der Waals surface area contributed by atoms with Crippen LogP contribution in [0.3, 0.4) is 0 Å². The Morgan fingerprint density at radius 3 is 2.52 bits per heavy atom. The van der Waals surface area contributed by atoms with E-state index in [9.17, 15) is 4.79 Å². The van der Waals surface area contributed by atoms with E-state index in [2.05, 4.69) is 30.4 Å². The van der Waals surface area contributed by atoms with Crippen LogP contribution in [-0.4, -0.2) is 25.5 Å². The highest BCUT2D eigenvalue weighted by Crippen LogP contribution is 2.31. The summed E-state index contributed by atoms with van der Waals surface area (Å²) in [5, 5.41) is 5.51. The smallest absolute Gasteiger partial charge is 0.166 e. The minimum Gasteiger partial charge on any atom is -0.492 e. The minimum atomic E-state index is 0.158. The zero-order valence-electron chi connectivity index (χ0n) is 17.3. The van der Waals surface area contributed by atoms with E-state index in [0.717, 1.165) is 55.3 Å². The molecule has 0 amide bonds. The van der Waals surface area contributed by atoms with E-state index < -0.39 is 0 Å². The second-order valence-electron chi connectivity index (χ2n) is 7.38. The van der Waals surface area contributed by atoms with Gasteiger partial charge in [-0.15, -0.1) is 0 Å². The third kappa shape index (κ3) is 6.16. The van der Waals surface area contributed by atoms with Crippen LogP contribution >= 0.6 is 0 Å². The Bertz CT molecular complexity index is 905. The number of Topliss-reactive ketones (excluding diaryl/α,β-unsaturated/α-hetero) is 1. The maximum atomic E-state index is 13.0. The van der Waals surface area contributed by atoms with Gasteiger partial charge in [0.15, 0.2) is 5.78 Å². The van der Waals surface area contributed by atoms with Crippen molar-refractivity contribution >= 4 is 16.6 Å². The molecule has 0 saturated carbocycles. The van der Waals surface area contributed by atoms with E-state index in [1.807, 2.05) is 48.5 Å². The van der Waals surface area contributed by atoms with Crippen molar-refractivity contribution in [2.45, 2.75) is 39.0 Å². The van der Waals surface area contributed by atoms with E-state index in [1.54, 1.807) is 0 Å². The van der Waals surface area contributed by atoms with Crippen LogP contribution in [0.4, 0.5) is 0 Å². The molecule has 0 aliphatic carbocycles. The molecule has 3 aromatic rings. The molecule has 0 heterocycles.